The Bertz CT molecular complexity index is 3260. The van der Waals surface area contributed by atoms with Gasteiger partial charge in [0.25, 0.3) is 0 Å². The molecular formula is C59H43NOS. The average Bonchev–Trinajstić information content (AvgIpc) is 3.60. The molecule has 8 aromatic carbocycles. The van der Waals surface area contributed by atoms with Crippen molar-refractivity contribution >= 4 is 44.7 Å². The fraction of sp³-hybridized carbons (Fsp3) is 0.119. The van der Waals surface area contributed by atoms with Crippen LogP contribution in [0.25, 0.3) is 43.8 Å². The number of anilines is 2. The maximum absolute atomic E-state index is 7.22. The lowest BCUT2D eigenvalue weighted by Crippen LogP contribution is -2.32. The minimum absolute atomic E-state index is 0.314. The molecule has 0 fully saturated rings. The predicted octanol–water partition coefficient (Wildman–Crippen LogP) is 16.1. The van der Waals surface area contributed by atoms with Crippen molar-refractivity contribution in [1.29, 1.82) is 0 Å². The first-order valence-electron chi connectivity index (χ1n) is 22.0. The molecule has 0 saturated heterocycles. The van der Waals surface area contributed by atoms with Crippen molar-refractivity contribution in [3.8, 4) is 33.8 Å². The van der Waals surface area contributed by atoms with Gasteiger partial charge in [-0.05, 0) is 104 Å². The standard InChI is InChI=1S/C59H43NOS/c1-36-13-12-18-41(31-36)43-32-37(2)56-55(34-43)62-54-33-42(38-14-4-3-5-15-38)25-30-53(54)60(56)44-26-29-50-48(35-44)47-21-10-11-22-49(47)59(50)51-27-23-39-16-6-8-19-45(39)57(51)61-58-46-20-9-7-17-40(46)24-28-52(58)59/h3-12,14-31,33-37H,13,32H2,1-2H3. The summed E-state index contributed by atoms with van der Waals surface area (Å²) in [6.45, 7) is 4.76. The third-order valence-corrected chi connectivity index (χ3v) is 15.1. The van der Waals surface area contributed by atoms with Crippen LogP contribution in [0, 0.1) is 11.8 Å². The minimum atomic E-state index is -0.583. The lowest BCUT2D eigenvalue weighted by atomic mass is 9.65. The van der Waals surface area contributed by atoms with Gasteiger partial charge in [-0.1, -0.05) is 183 Å². The Morgan fingerprint density at radius 2 is 1.29 bits per heavy atom. The topological polar surface area (TPSA) is 12.5 Å². The number of benzene rings is 8. The van der Waals surface area contributed by atoms with Crippen LogP contribution in [0.1, 0.15) is 48.9 Å². The molecule has 3 heteroatoms. The van der Waals surface area contributed by atoms with E-state index in [2.05, 4.69) is 207 Å². The van der Waals surface area contributed by atoms with E-state index >= 15 is 0 Å². The van der Waals surface area contributed by atoms with Gasteiger partial charge in [-0.2, -0.15) is 0 Å². The van der Waals surface area contributed by atoms with Gasteiger partial charge in [0.1, 0.15) is 11.5 Å². The van der Waals surface area contributed by atoms with E-state index in [-0.39, 0.29) is 0 Å². The highest BCUT2D eigenvalue weighted by Gasteiger charge is 2.52. The summed E-state index contributed by atoms with van der Waals surface area (Å²) >= 11 is 1.93. The average molecular weight is 814 g/mol. The van der Waals surface area contributed by atoms with Crippen molar-refractivity contribution in [3.05, 3.63) is 232 Å². The van der Waals surface area contributed by atoms with Gasteiger partial charge in [0.15, 0.2) is 0 Å². The molecule has 2 nitrogen and oxygen atoms in total. The van der Waals surface area contributed by atoms with Crippen LogP contribution in [0.3, 0.4) is 0 Å². The van der Waals surface area contributed by atoms with Crippen LogP contribution >= 0.6 is 11.8 Å². The zero-order chi connectivity index (χ0) is 41.1. The molecule has 0 amide bonds. The summed E-state index contributed by atoms with van der Waals surface area (Å²) in [6, 6.07) is 60.9. The molecule has 13 rings (SSSR count). The molecule has 2 atom stereocenters. The van der Waals surface area contributed by atoms with Crippen LogP contribution in [-0.2, 0) is 5.41 Å². The summed E-state index contributed by atoms with van der Waals surface area (Å²) in [4.78, 5) is 5.22. The molecule has 0 N–H and O–H groups in total. The van der Waals surface area contributed by atoms with E-state index in [9.17, 15) is 0 Å². The SMILES string of the molecule is CC1C=C(C2=CC3=C(C(C)C2)N(c2ccc4c(c2)-c2ccccc2C42c4ccc5ccccc5c4Oc4c2ccc2ccccc42)c2ccc(-c4ccccc4)cc2S3)C=CC1. The highest BCUT2D eigenvalue weighted by atomic mass is 32.2. The Morgan fingerprint density at radius 3 is 2.05 bits per heavy atom. The van der Waals surface area contributed by atoms with Crippen LogP contribution in [0.15, 0.2) is 215 Å². The van der Waals surface area contributed by atoms with E-state index in [0.29, 0.717) is 11.8 Å². The second-order valence-electron chi connectivity index (χ2n) is 17.7. The molecule has 2 unspecified atom stereocenters. The number of hydrogen-bond donors (Lipinski definition) is 0. The predicted molar refractivity (Wildman–Crippen MR) is 259 cm³/mol. The first-order chi connectivity index (χ1) is 30.5. The molecular weight excluding hydrogens is 771 g/mol. The monoisotopic (exact) mass is 813 g/mol. The molecule has 8 aromatic rings. The van der Waals surface area contributed by atoms with Crippen LogP contribution in [0.2, 0.25) is 0 Å². The number of fused-ring (bicyclic) bond motifs is 14. The quantitative estimate of drug-likeness (QED) is 0.176. The zero-order valence-corrected chi connectivity index (χ0v) is 35.5. The Balaban J connectivity index is 1.06. The van der Waals surface area contributed by atoms with E-state index in [0.717, 1.165) is 35.1 Å². The second kappa shape index (κ2) is 13.6. The number of rotatable bonds is 3. The lowest BCUT2D eigenvalue weighted by molar-refractivity contribution is 0.447. The Labute approximate surface area is 367 Å². The van der Waals surface area contributed by atoms with E-state index in [4.69, 9.17) is 4.74 Å². The third-order valence-electron chi connectivity index (χ3n) is 14.0. The zero-order valence-electron chi connectivity index (χ0n) is 34.7. The molecule has 3 aliphatic carbocycles. The summed E-state index contributed by atoms with van der Waals surface area (Å²) < 4.78 is 7.22. The fourth-order valence-corrected chi connectivity index (χ4v) is 12.6. The van der Waals surface area contributed by atoms with Crippen molar-refractivity contribution in [1.82, 2.24) is 0 Å². The second-order valence-corrected chi connectivity index (χ2v) is 18.8. The summed E-state index contributed by atoms with van der Waals surface area (Å²) in [7, 11) is 0. The van der Waals surface area contributed by atoms with Crippen molar-refractivity contribution < 1.29 is 4.74 Å². The molecule has 0 saturated carbocycles. The number of ether oxygens (including phenoxy) is 1. The van der Waals surface area contributed by atoms with E-state index in [1.807, 2.05) is 11.8 Å². The summed E-state index contributed by atoms with van der Waals surface area (Å²) in [6.07, 6.45) is 11.8. The van der Waals surface area contributed by atoms with Gasteiger partial charge in [0, 0.05) is 49.0 Å². The van der Waals surface area contributed by atoms with Crippen LogP contribution in [-0.4, -0.2) is 0 Å². The highest BCUT2D eigenvalue weighted by Crippen LogP contribution is 2.65. The Hall–Kier alpha value is -6.81. The fourth-order valence-electron chi connectivity index (χ4n) is 11.3. The lowest BCUT2D eigenvalue weighted by Gasteiger charge is -2.41. The molecule has 296 valence electrons. The van der Waals surface area contributed by atoms with Gasteiger partial charge < -0.3 is 9.64 Å². The third kappa shape index (κ3) is 5.12. The first kappa shape index (κ1) is 35.9. The highest BCUT2D eigenvalue weighted by molar-refractivity contribution is 8.03. The number of hydrogen-bond acceptors (Lipinski definition) is 3. The molecule has 62 heavy (non-hydrogen) atoms. The van der Waals surface area contributed by atoms with Gasteiger partial charge in [-0.15, -0.1) is 0 Å². The minimum Gasteiger partial charge on any atom is -0.455 e. The maximum Gasteiger partial charge on any atom is 0.140 e. The summed E-state index contributed by atoms with van der Waals surface area (Å²) in [5.74, 6) is 2.76. The van der Waals surface area contributed by atoms with E-state index in [1.54, 1.807) is 0 Å². The van der Waals surface area contributed by atoms with Crippen molar-refractivity contribution in [2.24, 2.45) is 11.8 Å². The number of nitrogens with zero attached hydrogens (tertiary/aromatic N) is 1. The molecule has 5 aliphatic rings. The van der Waals surface area contributed by atoms with Gasteiger partial charge >= 0.3 is 0 Å². The van der Waals surface area contributed by atoms with Crippen LogP contribution in [0.4, 0.5) is 11.4 Å². The van der Waals surface area contributed by atoms with Crippen molar-refractivity contribution in [2.75, 3.05) is 4.90 Å². The molecule has 0 bridgehead atoms. The summed E-state index contributed by atoms with van der Waals surface area (Å²) in [5, 5.41) is 4.62. The molecule has 0 aromatic heterocycles. The maximum atomic E-state index is 7.22. The van der Waals surface area contributed by atoms with Gasteiger partial charge in [-0.25, -0.2) is 0 Å². The Morgan fingerprint density at radius 1 is 0.613 bits per heavy atom. The van der Waals surface area contributed by atoms with Crippen LogP contribution in [0.5, 0.6) is 11.5 Å². The molecule has 2 aliphatic heterocycles. The van der Waals surface area contributed by atoms with Gasteiger partial charge in [0.2, 0.25) is 0 Å². The smallest absolute Gasteiger partial charge is 0.140 e. The summed E-state index contributed by atoms with van der Waals surface area (Å²) in [5.41, 5.74) is 16.0. The first-order valence-corrected chi connectivity index (χ1v) is 22.8. The van der Waals surface area contributed by atoms with Gasteiger partial charge in [-0.3, -0.25) is 0 Å². The van der Waals surface area contributed by atoms with E-state index < -0.39 is 5.41 Å². The van der Waals surface area contributed by atoms with E-state index in [1.165, 1.54) is 93.3 Å². The molecule has 1 spiro atoms. The van der Waals surface area contributed by atoms with Crippen LogP contribution < -0.4 is 9.64 Å². The largest absolute Gasteiger partial charge is 0.455 e. The normalized spacial score (nSPS) is 18.9. The molecule has 0 radical (unpaired) electrons. The Kier molecular flexibility index (Phi) is 7.87. The van der Waals surface area contributed by atoms with Gasteiger partial charge in [0.05, 0.1) is 11.1 Å². The molecule has 2 heterocycles. The number of allylic oxidation sites excluding steroid dienone is 7. The van der Waals surface area contributed by atoms with Crippen molar-refractivity contribution in [2.45, 2.75) is 37.0 Å². The number of thioether (sulfide) groups is 1. The van der Waals surface area contributed by atoms with Crippen molar-refractivity contribution in [3.63, 3.8) is 0 Å².